The van der Waals surface area contributed by atoms with Crippen LogP contribution in [0, 0.1) is 0 Å². The van der Waals surface area contributed by atoms with Gasteiger partial charge < -0.3 is 9.80 Å². The molecule has 1 aliphatic heterocycles. The van der Waals surface area contributed by atoms with Crippen LogP contribution in [-0.4, -0.2) is 62.7 Å². The predicted octanol–water partition coefficient (Wildman–Crippen LogP) is 2.36. The van der Waals surface area contributed by atoms with Crippen molar-refractivity contribution in [3.63, 3.8) is 0 Å². The molecular weight excluding hydrogens is 314 g/mol. The van der Waals surface area contributed by atoms with Crippen LogP contribution in [0.5, 0.6) is 0 Å². The van der Waals surface area contributed by atoms with E-state index in [0.29, 0.717) is 11.5 Å². The molecule has 2 aliphatic rings. The molecule has 6 heteroatoms. The fourth-order valence-corrected chi connectivity index (χ4v) is 4.34. The number of hydrogen-bond donors (Lipinski definition) is 0. The summed E-state index contributed by atoms with van der Waals surface area (Å²) in [7, 11) is 2.16. The van der Waals surface area contributed by atoms with Gasteiger partial charge in [0.1, 0.15) is 5.69 Å². The van der Waals surface area contributed by atoms with Crippen LogP contribution in [0.4, 0.5) is 0 Å². The zero-order valence-electron chi connectivity index (χ0n) is 14.8. The average Bonchev–Trinajstić information content (AvgIpc) is 3.17. The maximum absolute atomic E-state index is 13.3. The van der Waals surface area contributed by atoms with Gasteiger partial charge in [-0.25, -0.2) is 9.67 Å². The highest BCUT2D eigenvalue weighted by Gasteiger charge is 2.44. The van der Waals surface area contributed by atoms with Gasteiger partial charge in [-0.1, -0.05) is 25.3 Å². The molecule has 0 aromatic carbocycles. The second-order valence-corrected chi connectivity index (χ2v) is 7.31. The molecule has 1 saturated heterocycles. The molecule has 0 radical (unpaired) electrons. The predicted molar refractivity (Wildman–Crippen MR) is 95.7 cm³/mol. The van der Waals surface area contributed by atoms with Crippen molar-refractivity contribution in [1.82, 2.24) is 24.6 Å². The lowest BCUT2D eigenvalue weighted by Crippen LogP contribution is -2.63. The molecule has 25 heavy (non-hydrogen) atoms. The second-order valence-electron chi connectivity index (χ2n) is 7.31. The summed E-state index contributed by atoms with van der Waals surface area (Å²) >= 11 is 0. The van der Waals surface area contributed by atoms with Gasteiger partial charge in [-0.05, 0) is 38.1 Å². The summed E-state index contributed by atoms with van der Waals surface area (Å²) in [5, 5.41) is 4.22. The Kier molecular flexibility index (Phi) is 4.29. The zero-order chi connectivity index (χ0) is 17.3. The molecule has 2 aromatic rings. The molecule has 0 N–H and O–H groups in total. The lowest BCUT2D eigenvalue weighted by Gasteiger charge is -2.52. The van der Waals surface area contributed by atoms with Gasteiger partial charge in [0.25, 0.3) is 5.91 Å². The maximum atomic E-state index is 13.3. The van der Waals surface area contributed by atoms with Gasteiger partial charge in [-0.15, -0.1) is 0 Å². The lowest BCUT2D eigenvalue weighted by molar-refractivity contribution is -0.00817. The fraction of sp³-hybridized carbons (Fsp3) is 0.526. The number of pyridine rings is 1. The summed E-state index contributed by atoms with van der Waals surface area (Å²) in [6, 6.07) is 7.45. The molecular formula is C19H25N5O. The van der Waals surface area contributed by atoms with Crippen LogP contribution in [0.25, 0.3) is 5.82 Å². The number of carbonyl (C=O) groups is 1. The first-order valence-electron chi connectivity index (χ1n) is 9.16. The summed E-state index contributed by atoms with van der Waals surface area (Å²) in [5.41, 5.74) is 0.494. The van der Waals surface area contributed by atoms with Crippen LogP contribution in [0.15, 0.2) is 36.7 Å². The Morgan fingerprint density at radius 3 is 2.72 bits per heavy atom. The SMILES string of the molecule is CN1CCN(C(=O)c2cccc(-n3cccn3)n2)C2(CCCCC2)C1. The Balaban J connectivity index is 1.64. The summed E-state index contributed by atoms with van der Waals surface area (Å²) < 4.78 is 1.69. The van der Waals surface area contributed by atoms with Gasteiger partial charge in [0.2, 0.25) is 0 Å². The van der Waals surface area contributed by atoms with E-state index in [1.807, 2.05) is 30.5 Å². The number of nitrogens with zero attached hydrogens (tertiary/aromatic N) is 5. The van der Waals surface area contributed by atoms with Crippen LogP contribution >= 0.6 is 0 Å². The molecule has 2 aromatic heterocycles. The van der Waals surface area contributed by atoms with Gasteiger partial charge >= 0.3 is 0 Å². The number of rotatable bonds is 2. The third kappa shape index (κ3) is 3.06. The molecule has 1 amide bonds. The molecule has 1 spiro atoms. The van der Waals surface area contributed by atoms with Gasteiger partial charge in [-0.2, -0.15) is 5.10 Å². The third-order valence-corrected chi connectivity index (χ3v) is 5.56. The molecule has 6 nitrogen and oxygen atoms in total. The molecule has 1 aliphatic carbocycles. The van der Waals surface area contributed by atoms with Crippen molar-refractivity contribution in [2.45, 2.75) is 37.6 Å². The number of carbonyl (C=O) groups excluding carboxylic acids is 1. The van der Waals surface area contributed by atoms with E-state index in [9.17, 15) is 4.79 Å². The van der Waals surface area contributed by atoms with E-state index in [1.165, 1.54) is 19.3 Å². The Labute approximate surface area is 148 Å². The van der Waals surface area contributed by atoms with Crippen molar-refractivity contribution < 1.29 is 4.79 Å². The van der Waals surface area contributed by atoms with E-state index >= 15 is 0 Å². The molecule has 1 saturated carbocycles. The summed E-state index contributed by atoms with van der Waals surface area (Å²) in [6.07, 6.45) is 9.45. The van der Waals surface area contributed by atoms with E-state index in [1.54, 1.807) is 10.9 Å². The smallest absolute Gasteiger partial charge is 0.273 e. The third-order valence-electron chi connectivity index (χ3n) is 5.56. The van der Waals surface area contributed by atoms with Gasteiger partial charge in [0, 0.05) is 32.0 Å². The summed E-state index contributed by atoms with van der Waals surface area (Å²) in [6.45, 7) is 2.67. The molecule has 0 unspecified atom stereocenters. The van der Waals surface area contributed by atoms with E-state index in [2.05, 4.69) is 26.9 Å². The Hall–Kier alpha value is -2.21. The molecule has 0 atom stereocenters. The van der Waals surface area contributed by atoms with Gasteiger partial charge in [0.15, 0.2) is 5.82 Å². The van der Waals surface area contributed by atoms with E-state index in [4.69, 9.17) is 0 Å². The van der Waals surface area contributed by atoms with Crippen molar-refractivity contribution in [3.8, 4) is 5.82 Å². The molecule has 4 rings (SSSR count). The topological polar surface area (TPSA) is 54.3 Å². The molecule has 2 fully saturated rings. The first-order valence-corrected chi connectivity index (χ1v) is 9.16. The zero-order valence-corrected chi connectivity index (χ0v) is 14.8. The van der Waals surface area contributed by atoms with E-state index in [0.717, 1.165) is 32.5 Å². The Morgan fingerprint density at radius 2 is 1.96 bits per heavy atom. The fourth-order valence-electron chi connectivity index (χ4n) is 4.34. The standard InChI is InChI=1S/C19H25N5O/c1-22-13-14-23(19(15-22)9-3-2-4-10-19)18(25)16-7-5-8-17(21-16)24-12-6-11-20-24/h5-8,11-12H,2-4,9-10,13-15H2,1H3. The first-order chi connectivity index (χ1) is 12.2. The van der Waals surface area contributed by atoms with Gasteiger partial charge in [0.05, 0.1) is 5.54 Å². The highest BCUT2D eigenvalue weighted by Crippen LogP contribution is 2.37. The largest absolute Gasteiger partial charge is 0.329 e. The molecule has 3 heterocycles. The minimum atomic E-state index is -0.0221. The number of piperazine rings is 1. The molecule has 132 valence electrons. The maximum Gasteiger partial charge on any atom is 0.273 e. The van der Waals surface area contributed by atoms with Crippen LogP contribution in [0.1, 0.15) is 42.6 Å². The van der Waals surface area contributed by atoms with Crippen LogP contribution < -0.4 is 0 Å². The minimum Gasteiger partial charge on any atom is -0.329 e. The highest BCUT2D eigenvalue weighted by molar-refractivity contribution is 5.93. The number of likely N-dealkylation sites (N-methyl/N-ethyl adjacent to an activating group) is 1. The van der Waals surface area contributed by atoms with E-state index < -0.39 is 0 Å². The highest BCUT2D eigenvalue weighted by atomic mass is 16.2. The van der Waals surface area contributed by atoms with Crippen molar-refractivity contribution >= 4 is 5.91 Å². The summed E-state index contributed by atoms with van der Waals surface area (Å²) in [5.74, 6) is 0.742. The minimum absolute atomic E-state index is 0.0221. The van der Waals surface area contributed by atoms with Crippen molar-refractivity contribution in [1.29, 1.82) is 0 Å². The first kappa shape index (κ1) is 16.3. The van der Waals surface area contributed by atoms with Crippen LogP contribution in [0.2, 0.25) is 0 Å². The number of aromatic nitrogens is 3. The van der Waals surface area contributed by atoms with Crippen molar-refractivity contribution in [2.24, 2.45) is 0 Å². The van der Waals surface area contributed by atoms with Crippen LogP contribution in [-0.2, 0) is 0 Å². The van der Waals surface area contributed by atoms with Crippen molar-refractivity contribution in [3.05, 3.63) is 42.4 Å². The quantitative estimate of drug-likeness (QED) is 0.843. The second kappa shape index (κ2) is 6.59. The normalized spacial score (nSPS) is 20.8. The monoisotopic (exact) mass is 339 g/mol. The van der Waals surface area contributed by atoms with Crippen molar-refractivity contribution in [2.75, 3.05) is 26.7 Å². The van der Waals surface area contributed by atoms with Crippen LogP contribution in [0.3, 0.4) is 0 Å². The number of hydrogen-bond acceptors (Lipinski definition) is 4. The number of amides is 1. The Morgan fingerprint density at radius 1 is 1.12 bits per heavy atom. The van der Waals surface area contributed by atoms with E-state index in [-0.39, 0.29) is 11.4 Å². The average molecular weight is 339 g/mol. The van der Waals surface area contributed by atoms with Gasteiger partial charge in [-0.3, -0.25) is 4.79 Å². The Bertz CT molecular complexity index is 736. The molecule has 0 bridgehead atoms. The summed E-state index contributed by atoms with van der Waals surface area (Å²) in [4.78, 5) is 22.4. The lowest BCUT2D eigenvalue weighted by atomic mass is 9.78.